The molecule has 2 aromatic heterocycles. The number of hydrogen-bond donors (Lipinski definition) is 1. The lowest BCUT2D eigenvalue weighted by molar-refractivity contribution is 1.11. The van der Waals surface area contributed by atoms with E-state index in [0.717, 1.165) is 6.42 Å². The van der Waals surface area contributed by atoms with Gasteiger partial charge in [-0.15, -0.1) is 11.3 Å². The molecular weight excluding hydrogens is 204 g/mol. The molecule has 0 aromatic carbocycles. The van der Waals surface area contributed by atoms with Crippen molar-refractivity contribution in [2.45, 2.75) is 19.9 Å². The summed E-state index contributed by atoms with van der Waals surface area (Å²) >= 11 is 1.75. The Balaban J connectivity index is 2.44. The molecule has 2 heterocycles. The van der Waals surface area contributed by atoms with Gasteiger partial charge < -0.3 is 5.73 Å². The van der Waals surface area contributed by atoms with Crippen molar-refractivity contribution in [3.05, 3.63) is 41.0 Å². The Kier molecular flexibility index (Phi) is 3.14. The first-order valence-corrected chi connectivity index (χ1v) is 5.88. The van der Waals surface area contributed by atoms with Gasteiger partial charge in [-0.3, -0.25) is 4.98 Å². The van der Waals surface area contributed by atoms with Crippen molar-refractivity contribution in [1.29, 1.82) is 0 Å². The van der Waals surface area contributed by atoms with Crippen LogP contribution in [0.1, 0.15) is 17.4 Å². The van der Waals surface area contributed by atoms with Crippen molar-refractivity contribution in [1.82, 2.24) is 4.98 Å². The lowest BCUT2D eigenvalue weighted by atomic mass is 10.1. The van der Waals surface area contributed by atoms with Gasteiger partial charge in [0.2, 0.25) is 0 Å². The van der Waals surface area contributed by atoms with Crippen LogP contribution in [0, 0.1) is 0 Å². The van der Waals surface area contributed by atoms with Crippen LogP contribution in [0.25, 0.3) is 10.4 Å². The quantitative estimate of drug-likeness (QED) is 0.860. The van der Waals surface area contributed by atoms with Gasteiger partial charge in [0.1, 0.15) is 0 Å². The van der Waals surface area contributed by atoms with E-state index in [-0.39, 0.29) is 0 Å². The molecule has 0 aliphatic carbocycles. The van der Waals surface area contributed by atoms with Crippen LogP contribution in [0.5, 0.6) is 0 Å². The van der Waals surface area contributed by atoms with Gasteiger partial charge in [-0.2, -0.15) is 0 Å². The number of thiophene rings is 1. The second-order valence-corrected chi connectivity index (χ2v) is 4.52. The topological polar surface area (TPSA) is 38.9 Å². The summed E-state index contributed by atoms with van der Waals surface area (Å²) in [6.07, 6.45) is 4.82. The Labute approximate surface area is 93.8 Å². The van der Waals surface area contributed by atoms with Crippen LogP contribution in [-0.4, -0.2) is 4.98 Å². The molecule has 0 atom stereocenters. The summed E-state index contributed by atoms with van der Waals surface area (Å²) in [4.78, 5) is 6.66. The van der Waals surface area contributed by atoms with Crippen LogP contribution in [0.3, 0.4) is 0 Å². The molecule has 0 saturated carbocycles. The molecule has 0 amide bonds. The predicted molar refractivity (Wildman–Crippen MR) is 64.8 cm³/mol. The maximum atomic E-state index is 5.61. The van der Waals surface area contributed by atoms with Crippen molar-refractivity contribution < 1.29 is 0 Å². The van der Waals surface area contributed by atoms with Gasteiger partial charge in [-0.05, 0) is 30.2 Å². The SMILES string of the molecule is CCc1ccncc1-c1ccc(CN)s1. The van der Waals surface area contributed by atoms with E-state index in [9.17, 15) is 0 Å². The average Bonchev–Trinajstić information content (AvgIpc) is 2.77. The highest BCUT2D eigenvalue weighted by atomic mass is 32.1. The van der Waals surface area contributed by atoms with Gasteiger partial charge in [0.15, 0.2) is 0 Å². The van der Waals surface area contributed by atoms with E-state index in [1.165, 1.54) is 20.9 Å². The van der Waals surface area contributed by atoms with E-state index in [1.54, 1.807) is 11.3 Å². The Morgan fingerprint density at radius 1 is 1.33 bits per heavy atom. The third-order valence-corrected chi connectivity index (χ3v) is 3.56. The molecule has 0 saturated heterocycles. The zero-order valence-electron chi connectivity index (χ0n) is 8.73. The predicted octanol–water partition coefficient (Wildman–Crippen LogP) is 2.83. The van der Waals surface area contributed by atoms with Gasteiger partial charge in [0.25, 0.3) is 0 Å². The highest BCUT2D eigenvalue weighted by Gasteiger charge is 2.06. The summed E-state index contributed by atoms with van der Waals surface area (Å²) in [5, 5.41) is 0. The molecule has 0 bridgehead atoms. The normalized spacial score (nSPS) is 10.5. The summed E-state index contributed by atoms with van der Waals surface area (Å²) in [5.41, 5.74) is 8.19. The molecule has 0 aliphatic rings. The number of nitrogens with two attached hydrogens (primary N) is 1. The molecule has 78 valence electrons. The summed E-state index contributed by atoms with van der Waals surface area (Å²) in [6, 6.07) is 6.30. The molecule has 0 fully saturated rings. The first-order valence-electron chi connectivity index (χ1n) is 5.07. The van der Waals surface area contributed by atoms with Crippen molar-refractivity contribution in [2.75, 3.05) is 0 Å². The molecule has 2 N–H and O–H groups in total. The van der Waals surface area contributed by atoms with Gasteiger partial charge in [0.05, 0.1) is 0 Å². The third kappa shape index (κ3) is 2.08. The zero-order chi connectivity index (χ0) is 10.7. The molecule has 15 heavy (non-hydrogen) atoms. The van der Waals surface area contributed by atoms with Crippen molar-refractivity contribution in [3.63, 3.8) is 0 Å². The minimum absolute atomic E-state index is 0.617. The second-order valence-electron chi connectivity index (χ2n) is 3.36. The van der Waals surface area contributed by atoms with Crippen molar-refractivity contribution >= 4 is 11.3 Å². The van der Waals surface area contributed by atoms with E-state index in [1.807, 2.05) is 12.4 Å². The van der Waals surface area contributed by atoms with Crippen LogP contribution in [-0.2, 0) is 13.0 Å². The fraction of sp³-hybridized carbons (Fsp3) is 0.250. The van der Waals surface area contributed by atoms with E-state index in [4.69, 9.17) is 5.73 Å². The van der Waals surface area contributed by atoms with Crippen LogP contribution in [0.15, 0.2) is 30.6 Å². The zero-order valence-corrected chi connectivity index (χ0v) is 9.55. The number of aryl methyl sites for hydroxylation is 1. The smallest absolute Gasteiger partial charge is 0.0364 e. The highest BCUT2D eigenvalue weighted by molar-refractivity contribution is 7.15. The van der Waals surface area contributed by atoms with E-state index < -0.39 is 0 Å². The molecule has 2 nitrogen and oxygen atoms in total. The summed E-state index contributed by atoms with van der Waals surface area (Å²) in [5.74, 6) is 0. The summed E-state index contributed by atoms with van der Waals surface area (Å²) < 4.78 is 0. The van der Waals surface area contributed by atoms with Gasteiger partial charge in [-0.25, -0.2) is 0 Å². The minimum Gasteiger partial charge on any atom is -0.326 e. The Morgan fingerprint density at radius 3 is 2.87 bits per heavy atom. The van der Waals surface area contributed by atoms with Gasteiger partial charge >= 0.3 is 0 Å². The highest BCUT2D eigenvalue weighted by Crippen LogP contribution is 2.30. The Hall–Kier alpha value is -1.19. The number of aromatic nitrogens is 1. The van der Waals surface area contributed by atoms with Gasteiger partial charge in [-0.1, -0.05) is 6.92 Å². The van der Waals surface area contributed by atoms with Crippen molar-refractivity contribution in [3.8, 4) is 10.4 Å². The lowest BCUT2D eigenvalue weighted by Gasteiger charge is -2.03. The standard InChI is InChI=1S/C12H14N2S/c1-2-9-5-6-14-8-11(9)12-4-3-10(7-13)15-12/h3-6,8H,2,7,13H2,1H3. The molecule has 0 unspecified atom stereocenters. The molecule has 3 heteroatoms. The first kappa shape index (κ1) is 10.3. The van der Waals surface area contributed by atoms with E-state index in [0.29, 0.717) is 6.54 Å². The molecule has 2 aromatic rings. The fourth-order valence-electron chi connectivity index (χ4n) is 1.59. The third-order valence-electron chi connectivity index (χ3n) is 2.42. The number of pyridine rings is 1. The monoisotopic (exact) mass is 218 g/mol. The second kappa shape index (κ2) is 4.55. The van der Waals surface area contributed by atoms with E-state index in [2.05, 4.69) is 30.1 Å². The minimum atomic E-state index is 0.617. The molecule has 0 radical (unpaired) electrons. The summed E-state index contributed by atoms with van der Waals surface area (Å²) in [7, 11) is 0. The Bertz CT molecular complexity index is 448. The molecule has 0 spiro atoms. The van der Waals surface area contributed by atoms with Gasteiger partial charge in [0, 0.05) is 34.3 Å². The van der Waals surface area contributed by atoms with Crippen LogP contribution >= 0.6 is 11.3 Å². The molecule has 0 aliphatic heterocycles. The maximum absolute atomic E-state index is 5.61. The Morgan fingerprint density at radius 2 is 2.20 bits per heavy atom. The number of hydrogen-bond acceptors (Lipinski definition) is 3. The van der Waals surface area contributed by atoms with Crippen molar-refractivity contribution in [2.24, 2.45) is 5.73 Å². The molecular formula is C12H14N2S. The number of nitrogens with zero attached hydrogens (tertiary/aromatic N) is 1. The first-order chi connectivity index (χ1) is 7.35. The van der Waals surface area contributed by atoms with E-state index >= 15 is 0 Å². The molecule has 2 rings (SSSR count). The average molecular weight is 218 g/mol. The lowest BCUT2D eigenvalue weighted by Crippen LogP contribution is -1.91. The van der Waals surface area contributed by atoms with Crippen LogP contribution in [0.4, 0.5) is 0 Å². The van der Waals surface area contributed by atoms with Crippen LogP contribution in [0.2, 0.25) is 0 Å². The number of rotatable bonds is 3. The maximum Gasteiger partial charge on any atom is 0.0364 e. The van der Waals surface area contributed by atoms with Crippen LogP contribution < -0.4 is 5.73 Å². The summed E-state index contributed by atoms with van der Waals surface area (Å²) in [6.45, 7) is 2.78. The largest absolute Gasteiger partial charge is 0.326 e. The fourth-order valence-corrected chi connectivity index (χ4v) is 2.52.